The number of benzene rings is 1. The highest BCUT2D eigenvalue weighted by atomic mass is 32.2. The van der Waals surface area contributed by atoms with Crippen molar-refractivity contribution in [1.82, 2.24) is 25.2 Å². The maximum Gasteiger partial charge on any atom is 0.407 e. The number of rotatable bonds is 10. The third-order valence-corrected chi connectivity index (χ3v) is 11.1. The van der Waals surface area contributed by atoms with Crippen molar-refractivity contribution in [1.29, 1.82) is 0 Å². The van der Waals surface area contributed by atoms with E-state index in [1.165, 1.54) is 14.2 Å². The van der Waals surface area contributed by atoms with Crippen molar-refractivity contribution in [2.24, 2.45) is 5.92 Å². The average molecular weight is 614 g/mol. The van der Waals surface area contributed by atoms with Crippen LogP contribution in [0.3, 0.4) is 0 Å². The number of nitrogens with one attached hydrogen (secondary N) is 3. The van der Waals surface area contributed by atoms with E-state index in [0.717, 1.165) is 49.7 Å². The van der Waals surface area contributed by atoms with Crippen LogP contribution < -0.4 is 20.7 Å². The largest absolute Gasteiger partial charge is 0.481 e. The lowest BCUT2D eigenvalue weighted by molar-refractivity contribution is -0.124. The number of amides is 2. The number of carbonyl (C=O) groups is 2. The highest BCUT2D eigenvalue weighted by Gasteiger charge is 2.40. The van der Waals surface area contributed by atoms with Gasteiger partial charge >= 0.3 is 6.09 Å². The summed E-state index contributed by atoms with van der Waals surface area (Å²) in [5.41, 5.74) is 1.59. The molecule has 2 aliphatic heterocycles. The minimum atomic E-state index is -3.25. The monoisotopic (exact) mass is 613 g/mol. The molecule has 1 aliphatic carbocycles. The van der Waals surface area contributed by atoms with Gasteiger partial charge in [-0.25, -0.2) is 18.2 Å². The molecule has 2 amide bonds. The first kappa shape index (κ1) is 31.2. The molecular weight excluding hydrogens is 570 g/mol. The number of ether oxygens (including phenoxy) is 2. The molecule has 2 aromatic rings. The maximum atomic E-state index is 14.1. The van der Waals surface area contributed by atoms with Crippen molar-refractivity contribution in [2.75, 3.05) is 33.1 Å². The van der Waals surface area contributed by atoms with Gasteiger partial charge in [0.15, 0.2) is 0 Å². The van der Waals surface area contributed by atoms with Gasteiger partial charge in [-0.3, -0.25) is 4.79 Å². The summed E-state index contributed by atoms with van der Waals surface area (Å²) in [4.78, 5) is 30.9. The summed E-state index contributed by atoms with van der Waals surface area (Å²) in [5, 5.41) is 9.59. The summed E-state index contributed by atoms with van der Waals surface area (Å²) < 4.78 is 37.8. The molecule has 3 fully saturated rings. The van der Waals surface area contributed by atoms with E-state index in [0.29, 0.717) is 25.4 Å². The molecule has 1 saturated carbocycles. The van der Waals surface area contributed by atoms with Gasteiger partial charge in [-0.05, 0) is 55.6 Å². The van der Waals surface area contributed by atoms with E-state index in [2.05, 4.69) is 20.9 Å². The zero-order valence-electron chi connectivity index (χ0n) is 24.9. The molecular formula is C31H43N5O6S. The van der Waals surface area contributed by atoms with Crippen molar-refractivity contribution >= 4 is 22.0 Å². The minimum Gasteiger partial charge on any atom is -0.481 e. The zero-order valence-corrected chi connectivity index (χ0v) is 25.7. The molecule has 3 N–H and O–H groups in total. The highest BCUT2D eigenvalue weighted by molar-refractivity contribution is 7.89. The Bertz CT molecular complexity index is 1340. The van der Waals surface area contributed by atoms with Gasteiger partial charge in [-0.2, -0.15) is 4.31 Å². The first-order valence-electron chi connectivity index (χ1n) is 15.2. The standard InChI is InChI=1S/C31H43N5O6S/c1-41-27-16-14-23(18-33-27)28(22-8-4-3-5-9-22)29(35-31(38)42-2)30(37)34-26-12-6-10-21(26)13-15-25-19-32-24-11-7-17-43(39,40)36(25)20-24/h3-5,8-9,14,16,18,21,24-26,28-29,32H,6-7,10-13,15,17,19-20H2,1-2H3,(H,34,37)(H,35,38)/t21-,24-,25+,26+,28+,29+/m1/s1. The van der Waals surface area contributed by atoms with Gasteiger partial charge in [0.25, 0.3) is 0 Å². The number of sulfonamides is 1. The molecule has 12 heteroatoms. The van der Waals surface area contributed by atoms with Crippen LogP contribution in [-0.4, -0.2) is 86.9 Å². The second kappa shape index (κ2) is 14.0. The van der Waals surface area contributed by atoms with Crippen LogP contribution in [0, 0.1) is 5.92 Å². The van der Waals surface area contributed by atoms with Gasteiger partial charge in [-0.1, -0.05) is 42.8 Å². The molecule has 234 valence electrons. The number of hydrogen-bond acceptors (Lipinski definition) is 8. The second-order valence-corrected chi connectivity index (χ2v) is 13.8. The van der Waals surface area contributed by atoms with E-state index in [4.69, 9.17) is 9.47 Å². The van der Waals surface area contributed by atoms with Gasteiger partial charge in [0.1, 0.15) is 6.04 Å². The Morgan fingerprint density at radius 2 is 1.86 bits per heavy atom. The quantitative estimate of drug-likeness (QED) is 0.372. The molecule has 0 radical (unpaired) electrons. The normalized spacial score (nSPS) is 27.7. The van der Waals surface area contributed by atoms with E-state index in [1.807, 2.05) is 36.4 Å². The van der Waals surface area contributed by atoms with Gasteiger partial charge in [0.05, 0.1) is 20.0 Å². The Labute approximate surface area is 254 Å². The number of aromatic nitrogens is 1. The van der Waals surface area contributed by atoms with Gasteiger partial charge in [0.2, 0.25) is 21.8 Å². The topological polar surface area (TPSA) is 139 Å². The summed E-state index contributed by atoms with van der Waals surface area (Å²) in [6, 6.07) is 12.2. The number of methoxy groups -OCH3 is 2. The number of carbonyl (C=O) groups excluding carboxylic acids is 2. The Morgan fingerprint density at radius 3 is 2.58 bits per heavy atom. The lowest BCUT2D eigenvalue weighted by atomic mass is 9.85. The molecule has 3 aliphatic rings. The van der Waals surface area contributed by atoms with E-state index in [9.17, 15) is 18.0 Å². The first-order chi connectivity index (χ1) is 20.8. The Balaban J connectivity index is 1.33. The summed E-state index contributed by atoms with van der Waals surface area (Å²) in [6.45, 7) is 1.20. The number of pyridine rings is 1. The Morgan fingerprint density at radius 1 is 1.05 bits per heavy atom. The van der Waals surface area contributed by atoms with Crippen molar-refractivity contribution in [2.45, 2.75) is 75.0 Å². The van der Waals surface area contributed by atoms with Crippen LogP contribution in [0.15, 0.2) is 48.7 Å². The summed E-state index contributed by atoms with van der Waals surface area (Å²) in [5.74, 6) is 0.0400. The third-order valence-electron chi connectivity index (χ3n) is 9.18. The number of piperazine rings is 1. The smallest absolute Gasteiger partial charge is 0.407 e. The van der Waals surface area contributed by atoms with Crippen LogP contribution in [0.1, 0.15) is 62.0 Å². The molecule has 5 rings (SSSR count). The first-order valence-corrected chi connectivity index (χ1v) is 16.8. The Hall–Kier alpha value is -3.22. The molecule has 1 aromatic carbocycles. The summed E-state index contributed by atoms with van der Waals surface area (Å²) in [6.07, 6.45) is 6.85. The summed E-state index contributed by atoms with van der Waals surface area (Å²) >= 11 is 0. The molecule has 11 nitrogen and oxygen atoms in total. The maximum absolute atomic E-state index is 14.1. The number of fused-ring (bicyclic) bond motifs is 2. The molecule has 2 bridgehead atoms. The number of alkyl carbamates (subject to hydrolysis) is 1. The summed E-state index contributed by atoms with van der Waals surface area (Å²) in [7, 11) is -0.438. The van der Waals surface area contributed by atoms with E-state index >= 15 is 0 Å². The van der Waals surface area contributed by atoms with E-state index in [1.54, 1.807) is 16.6 Å². The minimum absolute atomic E-state index is 0.0740. The fraction of sp³-hybridized carbons (Fsp3) is 0.581. The van der Waals surface area contributed by atoms with Crippen molar-refractivity contribution in [3.05, 3.63) is 59.8 Å². The van der Waals surface area contributed by atoms with E-state index < -0.39 is 28.1 Å². The van der Waals surface area contributed by atoms with Crippen LogP contribution in [0.2, 0.25) is 0 Å². The molecule has 1 unspecified atom stereocenters. The van der Waals surface area contributed by atoms with Crippen LogP contribution in [0.5, 0.6) is 5.88 Å². The zero-order chi connectivity index (χ0) is 30.4. The Kier molecular flexibility index (Phi) is 10.2. The molecule has 0 spiro atoms. The number of nitrogens with zero attached hydrogens (tertiary/aromatic N) is 2. The highest BCUT2D eigenvalue weighted by Crippen LogP contribution is 2.34. The second-order valence-electron chi connectivity index (χ2n) is 11.8. The van der Waals surface area contributed by atoms with Crippen LogP contribution in [0.4, 0.5) is 4.79 Å². The predicted molar refractivity (Wildman–Crippen MR) is 162 cm³/mol. The average Bonchev–Trinajstić information content (AvgIpc) is 3.42. The fourth-order valence-electron chi connectivity index (χ4n) is 6.92. The molecule has 1 aromatic heterocycles. The van der Waals surface area contributed by atoms with Crippen molar-refractivity contribution < 1.29 is 27.5 Å². The van der Waals surface area contributed by atoms with Crippen LogP contribution in [-0.2, 0) is 19.6 Å². The molecule has 3 heterocycles. The van der Waals surface area contributed by atoms with Gasteiger partial charge in [0, 0.05) is 49.4 Å². The van der Waals surface area contributed by atoms with Crippen LogP contribution in [0.25, 0.3) is 0 Å². The van der Waals surface area contributed by atoms with Gasteiger partial charge < -0.3 is 25.4 Å². The van der Waals surface area contributed by atoms with Gasteiger partial charge in [-0.15, -0.1) is 0 Å². The van der Waals surface area contributed by atoms with Crippen LogP contribution >= 0.6 is 0 Å². The molecule has 2 saturated heterocycles. The van der Waals surface area contributed by atoms with Crippen molar-refractivity contribution in [3.63, 3.8) is 0 Å². The molecule has 7 atom stereocenters. The molecule has 43 heavy (non-hydrogen) atoms. The third kappa shape index (κ3) is 7.47. The lowest BCUT2D eigenvalue weighted by Crippen LogP contribution is -2.57. The predicted octanol–water partition coefficient (Wildman–Crippen LogP) is 2.78. The number of hydrogen-bond donors (Lipinski definition) is 3. The van der Waals surface area contributed by atoms with Crippen molar-refractivity contribution in [3.8, 4) is 5.88 Å². The lowest BCUT2D eigenvalue weighted by Gasteiger charge is -2.38. The fourth-order valence-corrected chi connectivity index (χ4v) is 8.72. The SMILES string of the molecule is COC(=O)N[C@H](C(=O)N[C@H]1CCC[C@@H]1CC[C@H]1CN[C@@H]2CCCS(=O)(=O)N1C2)[C@@H](c1ccccc1)c1ccc(OC)nc1. The van der Waals surface area contributed by atoms with E-state index in [-0.39, 0.29) is 35.7 Å².